The number of nitrogens with zero attached hydrogens (tertiary/aromatic N) is 1. The lowest BCUT2D eigenvalue weighted by Crippen LogP contribution is -2.35. The van der Waals surface area contributed by atoms with Gasteiger partial charge in [-0.1, -0.05) is 3.29 Å². The second-order valence-corrected chi connectivity index (χ2v) is 4.09. The maximum Gasteiger partial charge on any atom is 0.542 e. The minimum Gasteiger partial charge on any atom is -0.434 e. The fraction of sp³-hybridized carbons (Fsp3) is 0. The summed E-state index contributed by atoms with van der Waals surface area (Å²) in [5.41, 5.74) is -0.715. The summed E-state index contributed by atoms with van der Waals surface area (Å²) in [4.78, 5) is 10.6. The summed E-state index contributed by atoms with van der Waals surface area (Å²) >= 11 is 6.99. The highest BCUT2D eigenvalue weighted by atomic mass is 32.2. The number of rotatable bonds is 1. The second kappa shape index (κ2) is 3.95. The van der Waals surface area contributed by atoms with Crippen LogP contribution in [0.4, 0.5) is 23.7 Å². The van der Waals surface area contributed by atoms with Crippen LogP contribution < -0.4 is 3.29 Å². The molecule has 3 nitrogen and oxygen atoms in total. The Balaban J connectivity index is 3.40. The maximum atomic E-state index is 13.1. The number of amides is 1. The molecule has 1 amide bonds. The number of benzene rings is 1. The van der Waals surface area contributed by atoms with Gasteiger partial charge in [-0.3, -0.25) is 0 Å². The normalized spacial score (nSPS) is 11.5. The van der Waals surface area contributed by atoms with Crippen molar-refractivity contribution in [2.24, 2.45) is 0 Å². The topological polar surface area (TPSA) is 37.3 Å². The van der Waals surface area contributed by atoms with Crippen LogP contribution in [0.25, 0.3) is 0 Å². The average Bonchev–Trinajstić information content (AvgIpc) is 2.13. The highest BCUT2D eigenvalue weighted by Crippen LogP contribution is 2.33. The van der Waals surface area contributed by atoms with Crippen molar-refractivity contribution in [3.05, 3.63) is 29.6 Å². The third kappa shape index (κ3) is 2.06. The Hall–Kier alpha value is -0.860. The van der Waals surface area contributed by atoms with E-state index in [0.29, 0.717) is 6.07 Å². The van der Waals surface area contributed by atoms with E-state index < -0.39 is 32.5 Å². The molecule has 0 spiro atoms. The Morgan fingerprint density at radius 1 is 1.20 bits per heavy atom. The van der Waals surface area contributed by atoms with Gasteiger partial charge in [0, 0.05) is 6.07 Å². The standard InChI is InChI=1S/C7H4F3NO2S2/c8-3-1-2-4(6(10)5(3)9)11(14,15)7(12)13/h1-2,14-15H/p+1. The van der Waals surface area contributed by atoms with Crippen molar-refractivity contribution in [3.63, 3.8) is 0 Å². The summed E-state index contributed by atoms with van der Waals surface area (Å²) < 4.78 is 36.9. The van der Waals surface area contributed by atoms with E-state index in [1.807, 2.05) is 0 Å². The van der Waals surface area contributed by atoms with Crippen molar-refractivity contribution < 1.29 is 23.1 Å². The molecule has 1 aromatic carbocycles. The molecule has 0 aromatic heterocycles. The van der Waals surface area contributed by atoms with Gasteiger partial charge in [-0.05, 0) is 6.07 Å². The van der Waals surface area contributed by atoms with Crippen LogP contribution in [-0.2, 0) is 0 Å². The van der Waals surface area contributed by atoms with Gasteiger partial charge in [0.15, 0.2) is 5.82 Å². The average molecular weight is 256 g/mol. The highest BCUT2D eigenvalue weighted by Gasteiger charge is 2.38. The van der Waals surface area contributed by atoms with Crippen molar-refractivity contribution in [2.75, 3.05) is 0 Å². The van der Waals surface area contributed by atoms with Crippen LogP contribution in [-0.4, -0.2) is 11.2 Å². The molecule has 0 aliphatic carbocycles. The van der Waals surface area contributed by atoms with Crippen LogP contribution in [0.1, 0.15) is 0 Å². The summed E-state index contributed by atoms with van der Waals surface area (Å²) in [5.74, 6) is -4.81. The van der Waals surface area contributed by atoms with E-state index in [1.54, 1.807) is 0 Å². The Labute approximate surface area is 93.8 Å². The van der Waals surface area contributed by atoms with Gasteiger partial charge in [0.25, 0.3) is 0 Å². The number of hydrogen-bond donors (Lipinski definition) is 3. The first-order valence-corrected chi connectivity index (χ1v) is 4.30. The molecule has 0 unspecified atom stereocenters. The molecule has 82 valence electrons. The Morgan fingerprint density at radius 3 is 2.20 bits per heavy atom. The van der Waals surface area contributed by atoms with Crippen LogP contribution in [0.3, 0.4) is 0 Å². The molecule has 0 fully saturated rings. The van der Waals surface area contributed by atoms with Gasteiger partial charge in [0.1, 0.15) is 0 Å². The first kappa shape index (κ1) is 12.2. The van der Waals surface area contributed by atoms with Crippen molar-refractivity contribution in [3.8, 4) is 0 Å². The van der Waals surface area contributed by atoms with Crippen LogP contribution >= 0.6 is 25.6 Å². The molecule has 1 N–H and O–H groups in total. The summed E-state index contributed by atoms with van der Waals surface area (Å²) in [6, 6.07) is 1.35. The van der Waals surface area contributed by atoms with Crippen LogP contribution in [0, 0.1) is 17.5 Å². The first-order chi connectivity index (χ1) is 6.78. The lowest BCUT2D eigenvalue weighted by atomic mass is 10.3. The van der Waals surface area contributed by atoms with Crippen molar-refractivity contribution in [1.29, 1.82) is 0 Å². The predicted molar refractivity (Wildman–Crippen MR) is 54.1 cm³/mol. The third-order valence-corrected chi connectivity index (χ3v) is 2.39. The zero-order valence-corrected chi connectivity index (χ0v) is 8.77. The van der Waals surface area contributed by atoms with Crippen LogP contribution in [0.15, 0.2) is 12.1 Å². The Morgan fingerprint density at radius 2 is 1.73 bits per heavy atom. The first-order valence-electron chi connectivity index (χ1n) is 3.50. The zero-order chi connectivity index (χ0) is 11.8. The number of halogens is 3. The molecule has 0 radical (unpaired) electrons. The van der Waals surface area contributed by atoms with Crippen molar-refractivity contribution in [2.45, 2.75) is 0 Å². The van der Waals surface area contributed by atoms with Gasteiger partial charge in [0.2, 0.25) is 17.3 Å². The lowest BCUT2D eigenvalue weighted by molar-refractivity contribution is 0.190. The summed E-state index contributed by atoms with van der Waals surface area (Å²) in [6.45, 7) is 0. The van der Waals surface area contributed by atoms with E-state index in [0.717, 1.165) is 6.07 Å². The fourth-order valence-corrected chi connectivity index (χ4v) is 1.17. The Bertz CT molecular complexity index is 425. The van der Waals surface area contributed by atoms with Gasteiger partial charge in [0.05, 0.1) is 25.6 Å². The molecule has 15 heavy (non-hydrogen) atoms. The lowest BCUT2D eigenvalue weighted by Gasteiger charge is -2.17. The number of carbonyl (C=O) groups is 1. The highest BCUT2D eigenvalue weighted by molar-refractivity contribution is 7.98. The fourth-order valence-electron chi connectivity index (χ4n) is 0.860. The van der Waals surface area contributed by atoms with E-state index in [-0.39, 0.29) is 0 Å². The van der Waals surface area contributed by atoms with Gasteiger partial charge < -0.3 is 5.11 Å². The van der Waals surface area contributed by atoms with Crippen LogP contribution in [0.2, 0.25) is 0 Å². The van der Waals surface area contributed by atoms with Gasteiger partial charge >= 0.3 is 6.09 Å². The van der Waals surface area contributed by atoms with Gasteiger partial charge in [-0.15, -0.1) is 0 Å². The van der Waals surface area contributed by atoms with E-state index in [4.69, 9.17) is 5.11 Å². The number of thiol groups is 2. The van der Waals surface area contributed by atoms with Crippen molar-refractivity contribution >= 4 is 37.4 Å². The number of hydrogen-bond acceptors (Lipinski definition) is 3. The molecule has 1 aromatic rings. The third-order valence-electron chi connectivity index (χ3n) is 1.62. The second-order valence-electron chi connectivity index (χ2n) is 2.58. The summed E-state index contributed by atoms with van der Waals surface area (Å²) in [7, 11) is 0. The molecule has 1 rings (SSSR count). The molecule has 0 atom stereocenters. The SMILES string of the molecule is O=C(O)[N+](S)(S)c1ccc(F)c(F)c1F. The van der Waals surface area contributed by atoms with E-state index in [2.05, 4.69) is 25.6 Å². The maximum absolute atomic E-state index is 13.1. The Kier molecular flexibility index (Phi) is 3.22. The molecule has 0 saturated carbocycles. The monoisotopic (exact) mass is 256 g/mol. The number of carboxylic acid groups (broad SMARTS) is 1. The largest absolute Gasteiger partial charge is 0.542 e. The molecule has 8 heteroatoms. The predicted octanol–water partition coefficient (Wildman–Crippen LogP) is 2.78. The molecule has 0 saturated heterocycles. The van der Waals surface area contributed by atoms with Crippen molar-refractivity contribution in [1.82, 2.24) is 3.29 Å². The van der Waals surface area contributed by atoms with E-state index >= 15 is 0 Å². The molecular formula is C7H5F3NO2S2+. The minimum atomic E-state index is -1.76. The molecule has 0 aliphatic rings. The smallest absolute Gasteiger partial charge is 0.434 e. The van der Waals surface area contributed by atoms with Gasteiger partial charge in [-0.25, -0.2) is 8.78 Å². The number of quaternary nitrogens is 1. The van der Waals surface area contributed by atoms with E-state index in [9.17, 15) is 18.0 Å². The molecular weight excluding hydrogens is 251 g/mol. The molecule has 0 heterocycles. The summed E-state index contributed by atoms with van der Waals surface area (Å²) in [5, 5.41) is 8.62. The quantitative estimate of drug-likeness (QED) is 0.410. The van der Waals surface area contributed by atoms with Crippen LogP contribution in [0.5, 0.6) is 0 Å². The molecule has 0 bridgehead atoms. The minimum absolute atomic E-state index is 0.593. The van der Waals surface area contributed by atoms with E-state index in [1.165, 1.54) is 0 Å². The molecule has 0 aliphatic heterocycles. The zero-order valence-electron chi connectivity index (χ0n) is 6.99. The van der Waals surface area contributed by atoms with Gasteiger partial charge in [-0.2, -0.15) is 9.18 Å². The summed E-state index contributed by atoms with van der Waals surface area (Å²) in [6.07, 6.45) is -1.65.